The third-order valence-electron chi connectivity index (χ3n) is 5.00. The van der Waals surface area contributed by atoms with Crippen LogP contribution in [-0.4, -0.2) is 50.0 Å². The number of nitrogens with two attached hydrogens (primary N) is 1. The number of hydrogen-bond acceptors (Lipinski definition) is 10. The lowest BCUT2D eigenvalue weighted by Gasteiger charge is -2.18. The molecule has 1 aromatic carbocycles. The number of ether oxygens (including phenoxy) is 2. The highest BCUT2D eigenvalue weighted by Gasteiger charge is 2.19. The van der Waals surface area contributed by atoms with E-state index in [1.165, 1.54) is 43.4 Å². The van der Waals surface area contributed by atoms with Crippen molar-refractivity contribution in [3.63, 3.8) is 0 Å². The Morgan fingerprint density at radius 2 is 2.08 bits per heavy atom. The molecule has 0 spiro atoms. The van der Waals surface area contributed by atoms with E-state index in [2.05, 4.69) is 35.9 Å². The zero-order valence-corrected chi connectivity index (χ0v) is 20.4. The summed E-state index contributed by atoms with van der Waals surface area (Å²) in [6.45, 7) is -2.77. The average molecular weight is 531 g/mol. The fraction of sp³-hybridized carbons (Fsp3) is 0.217. The number of aromatic nitrogens is 6. The molecule has 0 aliphatic rings. The molecule has 0 aliphatic heterocycles. The molecule has 192 valence electrons. The molecule has 4 rings (SSSR count). The van der Waals surface area contributed by atoms with E-state index in [1.807, 2.05) is 0 Å². The number of benzene rings is 1. The van der Waals surface area contributed by atoms with Crippen LogP contribution in [0.25, 0.3) is 5.69 Å². The summed E-state index contributed by atoms with van der Waals surface area (Å²) in [6.07, 6.45) is 1.22. The van der Waals surface area contributed by atoms with E-state index >= 15 is 0 Å². The molecule has 14 heteroatoms. The van der Waals surface area contributed by atoms with E-state index in [0.29, 0.717) is 11.3 Å². The van der Waals surface area contributed by atoms with Crippen molar-refractivity contribution in [3.8, 4) is 11.4 Å². The van der Waals surface area contributed by atoms with Crippen molar-refractivity contribution in [3.05, 3.63) is 70.4 Å². The maximum Gasteiger partial charge on any atom is 0.273 e. The summed E-state index contributed by atoms with van der Waals surface area (Å²) in [6, 6.07) is 7.21. The Morgan fingerprint density at radius 3 is 2.81 bits per heavy atom. The molecule has 0 radical (unpaired) electrons. The number of methoxy groups -OCH3 is 1. The number of nitrogens with one attached hydrogen (secondary N) is 2. The summed E-state index contributed by atoms with van der Waals surface area (Å²) in [5, 5.41) is 17.2. The number of rotatable bonds is 9. The molecular weight excluding hydrogens is 505 g/mol. The Morgan fingerprint density at radius 1 is 1.24 bits per heavy atom. The Hall–Kier alpha value is -4.36. The van der Waals surface area contributed by atoms with Crippen LogP contribution in [0.15, 0.2) is 36.7 Å². The van der Waals surface area contributed by atoms with Crippen LogP contribution >= 0.6 is 11.6 Å². The number of anilines is 3. The molecule has 1 amide bonds. The van der Waals surface area contributed by atoms with Gasteiger partial charge in [0.25, 0.3) is 5.91 Å². The predicted octanol–water partition coefficient (Wildman–Crippen LogP) is 2.96. The molecule has 12 nitrogen and oxygen atoms in total. The maximum absolute atomic E-state index is 14.1. The highest BCUT2D eigenvalue weighted by atomic mass is 35.5. The van der Waals surface area contributed by atoms with Crippen molar-refractivity contribution in [1.29, 1.82) is 0 Å². The molecule has 3 heterocycles. The second kappa shape index (κ2) is 11.1. The summed E-state index contributed by atoms with van der Waals surface area (Å²) in [5.74, 6) is -1.12. The highest BCUT2D eigenvalue weighted by molar-refractivity contribution is 6.29. The molecule has 0 unspecified atom stereocenters. The number of nitrogens with zero attached hydrogens (tertiary/aromatic N) is 6. The Kier molecular flexibility index (Phi) is 6.59. The van der Waals surface area contributed by atoms with Crippen LogP contribution < -0.4 is 21.1 Å². The van der Waals surface area contributed by atoms with Gasteiger partial charge in [0.05, 0.1) is 31.7 Å². The second-order valence-electron chi connectivity index (χ2n) is 7.50. The number of carbonyl (C=O) groups excluding carboxylic acids is 1. The van der Waals surface area contributed by atoms with E-state index in [9.17, 15) is 9.18 Å². The second-order valence-corrected chi connectivity index (χ2v) is 7.89. The number of aryl methyl sites for hydroxylation is 1. The first-order chi connectivity index (χ1) is 19.0. The first kappa shape index (κ1) is 21.9. The molecular formula is C23H23ClFN9O3. The van der Waals surface area contributed by atoms with Gasteiger partial charge in [-0.05, 0) is 36.7 Å². The molecule has 37 heavy (non-hydrogen) atoms. The largest absolute Gasteiger partial charge is 0.492 e. The van der Waals surface area contributed by atoms with Gasteiger partial charge in [-0.15, -0.1) is 10.2 Å². The lowest BCUT2D eigenvalue weighted by molar-refractivity contribution is 0.0958. The van der Waals surface area contributed by atoms with E-state index in [1.54, 1.807) is 12.1 Å². The minimum absolute atomic E-state index is 0.0177. The monoisotopic (exact) mass is 530 g/mol. The van der Waals surface area contributed by atoms with Crippen LogP contribution in [0.2, 0.25) is 5.15 Å². The highest BCUT2D eigenvalue weighted by Crippen LogP contribution is 2.36. The van der Waals surface area contributed by atoms with Crippen molar-refractivity contribution in [2.75, 3.05) is 25.2 Å². The van der Waals surface area contributed by atoms with Gasteiger partial charge in [0.1, 0.15) is 35.2 Å². The third kappa shape index (κ3) is 5.90. The summed E-state index contributed by atoms with van der Waals surface area (Å²) in [4.78, 5) is 20.2. The molecule has 0 atom stereocenters. The third-order valence-corrected chi connectivity index (χ3v) is 5.18. The van der Waals surface area contributed by atoms with E-state index < -0.39 is 18.6 Å². The fourth-order valence-corrected chi connectivity index (χ4v) is 3.52. The Balaban J connectivity index is 1.76. The van der Waals surface area contributed by atoms with Crippen LogP contribution in [0.4, 0.5) is 21.6 Å². The lowest BCUT2D eigenvalue weighted by atomic mass is 10.1. The minimum atomic E-state index is -2.54. The molecule has 0 aliphatic carbocycles. The number of amides is 1. The molecule has 0 fully saturated rings. The quantitative estimate of drug-likeness (QED) is 0.294. The number of nitrogen functional groups attached to an aromatic ring is 1. The Labute approximate surface area is 220 Å². The topological polar surface area (TPSA) is 155 Å². The van der Waals surface area contributed by atoms with Crippen molar-refractivity contribution in [1.82, 2.24) is 35.3 Å². The van der Waals surface area contributed by atoms with Gasteiger partial charge in [-0.25, -0.2) is 19.0 Å². The van der Waals surface area contributed by atoms with Crippen LogP contribution in [0.3, 0.4) is 0 Å². The van der Waals surface area contributed by atoms with E-state index in [0.717, 1.165) is 0 Å². The van der Waals surface area contributed by atoms with Crippen molar-refractivity contribution < 1.29 is 22.8 Å². The molecule has 4 N–H and O–H groups in total. The molecule has 4 aromatic rings. The van der Waals surface area contributed by atoms with Gasteiger partial charge in [0, 0.05) is 17.2 Å². The van der Waals surface area contributed by atoms with Gasteiger partial charge < -0.3 is 25.8 Å². The van der Waals surface area contributed by atoms with Crippen LogP contribution in [0.1, 0.15) is 31.7 Å². The summed E-state index contributed by atoms with van der Waals surface area (Å²) in [7, 11) is 2.83. The van der Waals surface area contributed by atoms with Crippen molar-refractivity contribution in [2.45, 2.75) is 20.1 Å². The number of hydrogen-bond donors (Lipinski definition) is 3. The van der Waals surface area contributed by atoms with Crippen LogP contribution in [0.5, 0.6) is 5.75 Å². The summed E-state index contributed by atoms with van der Waals surface area (Å²) < 4.78 is 49.5. The minimum Gasteiger partial charge on any atom is -0.492 e. The SMILES string of the molecule is [2H]C([2H])([2H])c1ncn(-c2cc(COCc3nc(N)ccc3F)cc(Nc3cc(Cl)nnc3C(=O)NC)c2OC)n1. The number of pyridine rings is 1. The number of carbonyl (C=O) groups is 1. The molecule has 0 saturated heterocycles. The lowest BCUT2D eigenvalue weighted by Crippen LogP contribution is -2.21. The Bertz CT molecular complexity index is 1550. The van der Waals surface area contributed by atoms with Gasteiger partial charge in [0.15, 0.2) is 16.6 Å². The van der Waals surface area contributed by atoms with Gasteiger partial charge in [-0.1, -0.05) is 11.6 Å². The van der Waals surface area contributed by atoms with Gasteiger partial charge >= 0.3 is 0 Å². The standard InChI is InChI=1S/C23H23ClFN9O3/c1-12-28-11-34(33-12)18-7-13(9-37-10-17-14(25)4-5-20(26)30-17)6-16(22(18)36-3)29-15-8-19(24)31-32-21(15)23(35)27-2/h4-8,11H,9-10H2,1-3H3,(H2,26,30)(H,27,35)(H,29,31)/i1D3. The van der Waals surface area contributed by atoms with Gasteiger partial charge in [-0.2, -0.15) is 5.10 Å². The molecule has 0 bridgehead atoms. The summed E-state index contributed by atoms with van der Waals surface area (Å²) >= 11 is 6.04. The normalized spacial score (nSPS) is 12.4. The smallest absolute Gasteiger partial charge is 0.273 e. The fourth-order valence-electron chi connectivity index (χ4n) is 3.37. The first-order valence-electron chi connectivity index (χ1n) is 12.1. The first-order valence-corrected chi connectivity index (χ1v) is 11.0. The maximum atomic E-state index is 14.1. The van der Waals surface area contributed by atoms with Crippen LogP contribution in [-0.2, 0) is 18.0 Å². The van der Waals surface area contributed by atoms with Crippen molar-refractivity contribution in [2.24, 2.45) is 0 Å². The van der Waals surface area contributed by atoms with Crippen LogP contribution in [0, 0.1) is 12.7 Å². The summed E-state index contributed by atoms with van der Waals surface area (Å²) in [5.41, 5.74) is 6.96. The zero-order chi connectivity index (χ0) is 29.0. The average Bonchev–Trinajstić information content (AvgIpc) is 3.41. The zero-order valence-electron chi connectivity index (χ0n) is 22.6. The van der Waals surface area contributed by atoms with E-state index in [4.69, 9.17) is 30.9 Å². The van der Waals surface area contributed by atoms with Gasteiger partial charge in [-0.3, -0.25) is 4.79 Å². The number of halogens is 2. The molecule has 3 aromatic heterocycles. The van der Waals surface area contributed by atoms with E-state index in [-0.39, 0.29) is 58.5 Å². The van der Waals surface area contributed by atoms with Crippen molar-refractivity contribution >= 4 is 34.7 Å². The molecule has 0 saturated carbocycles. The predicted molar refractivity (Wildman–Crippen MR) is 133 cm³/mol. The van der Waals surface area contributed by atoms with Gasteiger partial charge in [0.2, 0.25) is 0 Å².